The van der Waals surface area contributed by atoms with E-state index < -0.39 is 0 Å². The zero-order chi connectivity index (χ0) is 86.6. The smallest absolute Gasteiger partial charge is 0.00388 e. The third-order valence-corrected chi connectivity index (χ3v) is 20.6. The zero-order valence-corrected chi connectivity index (χ0v) is 83.7. The minimum Gasteiger partial charge on any atom is -0.330 e. The van der Waals surface area contributed by atoms with Crippen molar-refractivity contribution < 1.29 is 0 Å². The molecule has 0 aromatic carbocycles. The summed E-state index contributed by atoms with van der Waals surface area (Å²) in [6.45, 7) is 70.2. The van der Waals surface area contributed by atoms with Crippen LogP contribution in [0.4, 0.5) is 0 Å². The Morgan fingerprint density at radius 1 is 0.230 bits per heavy atom. The minimum absolute atomic E-state index is 0.384. The lowest BCUT2D eigenvalue weighted by atomic mass is 9.97. The van der Waals surface area contributed by atoms with Crippen LogP contribution in [0, 0.1) is 0 Å². The van der Waals surface area contributed by atoms with Gasteiger partial charge in [0.25, 0.3) is 0 Å². The molecule has 0 spiro atoms. The molecule has 1 rings (SSSR count). The fourth-order valence-corrected chi connectivity index (χ4v) is 12.1. The van der Waals surface area contributed by atoms with Gasteiger partial charge in [-0.05, 0) is 266 Å². The van der Waals surface area contributed by atoms with Crippen LogP contribution in [0.5, 0.6) is 0 Å². The highest BCUT2D eigenvalue weighted by Gasteiger charge is 2.08. The van der Waals surface area contributed by atoms with Gasteiger partial charge in [-0.3, -0.25) is 0 Å². The Labute approximate surface area is 721 Å². The van der Waals surface area contributed by atoms with Crippen molar-refractivity contribution in [3.05, 3.63) is 0 Å². The second kappa shape index (κ2) is 143. The van der Waals surface area contributed by atoms with E-state index in [4.69, 9.17) is 22.9 Å². The van der Waals surface area contributed by atoms with E-state index in [9.17, 15) is 0 Å². The molecule has 0 aromatic rings. The predicted octanol–water partition coefficient (Wildman–Crippen LogP) is 29.5. The number of nitrogens with one attached hydrogen (secondary N) is 4. The first-order valence-electron chi connectivity index (χ1n) is 52.1. The first kappa shape index (κ1) is 133. The topological polar surface area (TPSA) is 162 Å². The highest BCUT2D eigenvalue weighted by molar-refractivity contribution is 4.67. The first-order valence-corrected chi connectivity index (χ1v) is 52.1. The summed E-state index contributed by atoms with van der Waals surface area (Å²) < 4.78 is 0. The molecule has 11 nitrogen and oxygen atoms in total. The number of nitrogens with zero attached hydrogens (tertiary/aromatic N) is 3. The zero-order valence-electron chi connectivity index (χ0n) is 83.7. The molecule has 1 aliphatic rings. The van der Waals surface area contributed by atoms with E-state index in [0.717, 1.165) is 26.1 Å². The molecule has 0 radical (unpaired) electrons. The van der Waals surface area contributed by atoms with Gasteiger partial charge in [0, 0.05) is 12.1 Å². The standard InChI is InChI=1S/C18H39N.C15H33N.2C12H27N.C10H23N.C8H19N.C6H13N.2C6H15N.C5H13N.C4H11N/c1-4-7-10-13-16-19(17-14-11-8-5-2)18-15-12-9-6-3;1-4-7-10-13-16(14-11-8-5-2)15-12-9-6-3;1-4-7-10-13(11-8-5-2)12-9-6-3;1-3-5-7-9-11-13-12-10-8-6-4-2;1-3-5-7-9-11-10-8-6-4-2;1-3-5-7-9-8-6-4-2;7-6-4-2-1-3-5-6;1-3-5-6-7-4-2;1-2-3-4-5-6-7;1-2-3-4-5-6;1-3-4(2)5/h4-18H2,1-3H3;4-15H2,1-3H3;4-12H2,1-3H3;13H,3-12H2,1-2H3;11H,3-10H2,1-2H3;9H,3-8H2,1-2H3;6H,1-5,7H2;7H,3-6H2,1-2H3;2-7H2,1H3;2-6H2,1H3;4H,3,5H2,1-2H3. The summed E-state index contributed by atoms with van der Waals surface area (Å²) in [5, 5.41) is 13.6. The Hall–Kier alpha value is -0.440. The van der Waals surface area contributed by atoms with E-state index in [0.29, 0.717) is 12.1 Å². The van der Waals surface area contributed by atoms with E-state index in [1.165, 1.54) is 484 Å². The monoisotopic (exact) mass is 1610 g/mol. The van der Waals surface area contributed by atoms with Crippen LogP contribution >= 0.6 is 0 Å². The maximum atomic E-state index is 5.63. The second-order valence-electron chi connectivity index (χ2n) is 33.2. The van der Waals surface area contributed by atoms with Gasteiger partial charge in [-0.1, -0.05) is 389 Å². The van der Waals surface area contributed by atoms with Crippen molar-refractivity contribution in [3.8, 4) is 0 Å². The van der Waals surface area contributed by atoms with Crippen LogP contribution < -0.4 is 44.2 Å². The molecule has 698 valence electrons. The molecule has 1 saturated carbocycles. The van der Waals surface area contributed by atoms with Crippen LogP contribution in [0.25, 0.3) is 0 Å². The van der Waals surface area contributed by atoms with E-state index in [2.05, 4.69) is 174 Å². The van der Waals surface area contributed by atoms with Crippen LogP contribution in [-0.2, 0) is 0 Å². The van der Waals surface area contributed by atoms with Crippen LogP contribution in [0.2, 0.25) is 0 Å². The van der Waals surface area contributed by atoms with Gasteiger partial charge in [-0.25, -0.2) is 0 Å². The minimum atomic E-state index is 0.384. The molecular formula is C102H235N11. The fourth-order valence-electron chi connectivity index (χ4n) is 12.1. The van der Waals surface area contributed by atoms with E-state index in [1.54, 1.807) is 0 Å². The Bertz CT molecular complexity index is 1220. The molecule has 0 heterocycles. The maximum absolute atomic E-state index is 5.63. The third kappa shape index (κ3) is 167. The number of nitrogens with two attached hydrogens (primary N) is 4. The lowest BCUT2D eigenvalue weighted by Gasteiger charge is -2.22. The van der Waals surface area contributed by atoms with Crippen molar-refractivity contribution in [2.24, 2.45) is 22.9 Å². The Balaban J connectivity index is -0.000000132. The van der Waals surface area contributed by atoms with Gasteiger partial charge >= 0.3 is 0 Å². The predicted molar refractivity (Wildman–Crippen MR) is 531 cm³/mol. The first-order chi connectivity index (χ1) is 55.2. The molecule has 11 heteroatoms. The average Bonchev–Trinajstić information content (AvgIpc) is 1.09. The molecule has 0 amide bonds. The van der Waals surface area contributed by atoms with Crippen molar-refractivity contribution in [1.29, 1.82) is 0 Å². The van der Waals surface area contributed by atoms with E-state index >= 15 is 0 Å². The van der Waals surface area contributed by atoms with Crippen molar-refractivity contribution in [2.45, 2.75) is 543 Å². The van der Waals surface area contributed by atoms with Gasteiger partial charge in [0.05, 0.1) is 0 Å². The molecule has 0 aromatic heterocycles. The summed E-state index contributed by atoms with van der Waals surface area (Å²) in [4.78, 5) is 8.07. The van der Waals surface area contributed by atoms with Crippen LogP contribution in [0.15, 0.2) is 0 Å². The highest BCUT2D eigenvalue weighted by atomic mass is 15.1. The fraction of sp³-hybridized carbons (Fsp3) is 1.00. The normalized spacial score (nSPS) is 11.7. The summed E-state index contributed by atoms with van der Waals surface area (Å²) in [5.41, 5.74) is 21.4. The number of unbranched alkanes of at least 4 members (excludes halogenated alkanes) is 36. The van der Waals surface area contributed by atoms with Gasteiger partial charge in [0.1, 0.15) is 0 Å². The van der Waals surface area contributed by atoms with Crippen molar-refractivity contribution >= 4 is 0 Å². The largest absolute Gasteiger partial charge is 0.330 e. The lowest BCUT2D eigenvalue weighted by Crippen LogP contribution is -2.27. The van der Waals surface area contributed by atoms with Gasteiger partial charge in [0.15, 0.2) is 0 Å². The molecule has 1 fully saturated rings. The number of rotatable bonds is 72. The maximum Gasteiger partial charge on any atom is 0.00388 e. The highest BCUT2D eigenvalue weighted by Crippen LogP contribution is 2.15. The second-order valence-corrected chi connectivity index (χ2v) is 33.2. The molecule has 1 unspecified atom stereocenters. The van der Waals surface area contributed by atoms with Crippen molar-refractivity contribution in [3.63, 3.8) is 0 Å². The molecule has 0 saturated heterocycles. The molecule has 12 N–H and O–H groups in total. The number of hydrogen-bond acceptors (Lipinski definition) is 11. The van der Waals surface area contributed by atoms with Crippen molar-refractivity contribution in [2.75, 3.05) is 124 Å². The third-order valence-electron chi connectivity index (χ3n) is 20.6. The van der Waals surface area contributed by atoms with Gasteiger partial charge in [-0.2, -0.15) is 0 Å². The molecule has 1 atom stereocenters. The summed E-state index contributed by atoms with van der Waals surface area (Å²) >= 11 is 0. The summed E-state index contributed by atoms with van der Waals surface area (Å²) in [6, 6.07) is 0.920. The molecule has 1 aliphatic carbocycles. The Morgan fingerprint density at radius 2 is 0.407 bits per heavy atom. The van der Waals surface area contributed by atoms with Gasteiger partial charge in [0.2, 0.25) is 0 Å². The Morgan fingerprint density at radius 3 is 0.619 bits per heavy atom. The molecular weight excluding hydrogens is 1380 g/mol. The SMILES string of the molecule is CCC(C)N.CCCCCCN.CCCCCCN(CCCCCC)CCCCCC.CCCCCCNCCCCCC.CCCCCN.CCCCCN(CCCCC)CCCCC.CCCCCNCCCCC.CCCCN(CCCC)CCCC.CCCCNCC.CCCCNCCCC.NC1CCCCC1. The van der Waals surface area contributed by atoms with Crippen molar-refractivity contribution in [1.82, 2.24) is 36.0 Å². The average molecular weight is 1620 g/mol. The van der Waals surface area contributed by atoms with Gasteiger partial charge in [-0.15, -0.1) is 0 Å². The van der Waals surface area contributed by atoms with Crippen LogP contribution in [0.3, 0.4) is 0 Å². The summed E-state index contributed by atoms with van der Waals surface area (Å²) in [7, 11) is 0. The van der Waals surface area contributed by atoms with E-state index in [1.807, 2.05) is 6.92 Å². The van der Waals surface area contributed by atoms with Crippen LogP contribution in [0.1, 0.15) is 531 Å². The molecule has 0 bridgehead atoms. The molecule has 113 heavy (non-hydrogen) atoms. The Kier molecular flexibility index (Phi) is 169. The van der Waals surface area contributed by atoms with E-state index in [-0.39, 0.29) is 0 Å². The molecule has 0 aliphatic heterocycles. The van der Waals surface area contributed by atoms with Crippen LogP contribution in [-0.4, -0.2) is 151 Å². The van der Waals surface area contributed by atoms with Gasteiger partial charge < -0.3 is 58.9 Å². The quantitative estimate of drug-likeness (QED) is 0.0274. The summed E-state index contributed by atoms with van der Waals surface area (Å²) in [5.74, 6) is 0. The number of hydrogen-bond donors (Lipinski definition) is 8. The lowest BCUT2D eigenvalue weighted by molar-refractivity contribution is 0.255. The summed E-state index contributed by atoms with van der Waals surface area (Å²) in [6.07, 6.45) is 81.0.